The highest BCUT2D eigenvalue weighted by Crippen LogP contribution is 2.39. The molecule has 1 aromatic carbocycles. The van der Waals surface area contributed by atoms with Gasteiger partial charge in [-0.1, -0.05) is 0 Å². The first-order valence-electron chi connectivity index (χ1n) is 8.08. The molecule has 1 amide bonds. The Labute approximate surface area is 147 Å². The minimum absolute atomic E-state index is 0.0818. The van der Waals surface area contributed by atoms with Crippen LogP contribution in [0, 0.1) is 0 Å². The highest BCUT2D eigenvalue weighted by Gasteiger charge is 2.25. The van der Waals surface area contributed by atoms with Crippen molar-refractivity contribution < 1.29 is 28.5 Å². The number of hydrogen-bond acceptors (Lipinski definition) is 7. The van der Waals surface area contributed by atoms with Gasteiger partial charge in [0, 0.05) is 31.7 Å². The van der Waals surface area contributed by atoms with Gasteiger partial charge >= 0.3 is 6.16 Å². The van der Waals surface area contributed by atoms with E-state index < -0.39 is 6.16 Å². The third-order valence-corrected chi connectivity index (χ3v) is 3.95. The van der Waals surface area contributed by atoms with Crippen LogP contribution in [0.15, 0.2) is 12.1 Å². The van der Waals surface area contributed by atoms with Crippen molar-refractivity contribution in [1.29, 1.82) is 0 Å². The summed E-state index contributed by atoms with van der Waals surface area (Å²) in [5, 5.41) is 0. The summed E-state index contributed by atoms with van der Waals surface area (Å²) in [6.45, 7) is 4.81. The summed E-state index contributed by atoms with van der Waals surface area (Å²) in [6, 6.07) is 3.08. The summed E-state index contributed by atoms with van der Waals surface area (Å²) >= 11 is 0. The van der Waals surface area contributed by atoms with Gasteiger partial charge in [-0.15, -0.1) is 0 Å². The molecule has 25 heavy (non-hydrogen) atoms. The predicted octanol–water partition coefficient (Wildman–Crippen LogP) is 1.63. The lowest BCUT2D eigenvalue weighted by Crippen LogP contribution is -2.47. The molecule has 0 aliphatic carbocycles. The van der Waals surface area contributed by atoms with Gasteiger partial charge in [-0.2, -0.15) is 0 Å². The van der Waals surface area contributed by atoms with Crippen LogP contribution in [-0.4, -0.2) is 75.9 Å². The lowest BCUT2D eigenvalue weighted by molar-refractivity contribution is 0.0663. The minimum atomic E-state index is -0.864. The number of likely N-dealkylation sites (N-methyl/N-ethyl adjacent to an activating group) is 1. The molecule has 0 N–H and O–H groups in total. The van der Waals surface area contributed by atoms with Gasteiger partial charge < -0.3 is 28.7 Å². The Morgan fingerprint density at radius 2 is 1.60 bits per heavy atom. The van der Waals surface area contributed by atoms with Crippen LogP contribution in [-0.2, 0) is 4.74 Å². The van der Waals surface area contributed by atoms with E-state index in [9.17, 15) is 9.59 Å². The molecule has 0 aromatic heterocycles. The Bertz CT molecular complexity index is 601. The highest BCUT2D eigenvalue weighted by atomic mass is 16.7. The molecular formula is C17H24N2O6. The fraction of sp³-hybridized carbons (Fsp3) is 0.529. The molecule has 1 saturated heterocycles. The van der Waals surface area contributed by atoms with Crippen LogP contribution in [0.4, 0.5) is 4.79 Å². The summed E-state index contributed by atoms with van der Waals surface area (Å²) < 4.78 is 20.5. The molecule has 0 unspecified atom stereocenters. The zero-order valence-electron chi connectivity index (χ0n) is 15.0. The molecule has 8 heteroatoms. The highest BCUT2D eigenvalue weighted by molar-refractivity contribution is 5.96. The second kappa shape index (κ2) is 8.57. The third kappa shape index (κ3) is 4.54. The minimum Gasteiger partial charge on any atom is -0.493 e. The van der Waals surface area contributed by atoms with Crippen molar-refractivity contribution in [3.8, 4) is 17.2 Å². The topological polar surface area (TPSA) is 77.5 Å². The van der Waals surface area contributed by atoms with E-state index in [-0.39, 0.29) is 29.8 Å². The van der Waals surface area contributed by atoms with E-state index >= 15 is 0 Å². The van der Waals surface area contributed by atoms with Crippen LogP contribution in [0.25, 0.3) is 0 Å². The number of hydrogen-bond donors (Lipinski definition) is 0. The molecule has 0 saturated carbocycles. The van der Waals surface area contributed by atoms with E-state index in [0.717, 1.165) is 13.1 Å². The molecule has 1 aromatic rings. The van der Waals surface area contributed by atoms with Gasteiger partial charge in [0.15, 0.2) is 11.5 Å². The van der Waals surface area contributed by atoms with Crippen LogP contribution in [0.2, 0.25) is 0 Å². The second-order valence-corrected chi connectivity index (χ2v) is 5.59. The predicted molar refractivity (Wildman–Crippen MR) is 90.6 cm³/mol. The van der Waals surface area contributed by atoms with Crippen molar-refractivity contribution in [2.45, 2.75) is 6.92 Å². The Balaban J connectivity index is 2.28. The first kappa shape index (κ1) is 18.9. The smallest absolute Gasteiger partial charge is 0.493 e. The molecule has 2 rings (SSSR count). The maximum atomic E-state index is 12.7. The molecule has 0 bridgehead atoms. The fourth-order valence-electron chi connectivity index (χ4n) is 2.53. The van der Waals surface area contributed by atoms with Crippen LogP contribution < -0.4 is 14.2 Å². The van der Waals surface area contributed by atoms with Crippen molar-refractivity contribution >= 4 is 12.1 Å². The molecule has 0 atom stereocenters. The monoisotopic (exact) mass is 352 g/mol. The van der Waals surface area contributed by atoms with E-state index in [4.69, 9.17) is 18.9 Å². The molecule has 0 radical (unpaired) electrons. The standard InChI is InChI=1S/C17H24N2O6/c1-5-24-17(21)25-15-13(22-3)10-12(11-14(15)23-4)16(20)19-8-6-18(2)7-9-19/h10-11H,5-9H2,1-4H3. The average Bonchev–Trinajstić information content (AvgIpc) is 2.62. The average molecular weight is 352 g/mol. The molecule has 1 fully saturated rings. The number of ether oxygens (including phenoxy) is 4. The summed E-state index contributed by atoms with van der Waals surface area (Å²) in [5.41, 5.74) is 0.412. The van der Waals surface area contributed by atoms with Gasteiger partial charge in [-0.3, -0.25) is 4.79 Å². The molecule has 1 heterocycles. The zero-order valence-corrected chi connectivity index (χ0v) is 15.0. The number of piperazine rings is 1. The molecule has 1 aliphatic rings. The molecule has 1 aliphatic heterocycles. The molecular weight excluding hydrogens is 328 g/mol. The van der Waals surface area contributed by atoms with E-state index in [1.807, 2.05) is 7.05 Å². The summed E-state index contributed by atoms with van der Waals surface area (Å²) in [6.07, 6.45) is -0.864. The van der Waals surface area contributed by atoms with Gasteiger partial charge in [0.25, 0.3) is 5.91 Å². The van der Waals surface area contributed by atoms with Crippen molar-refractivity contribution in [1.82, 2.24) is 9.80 Å². The fourth-order valence-corrected chi connectivity index (χ4v) is 2.53. The number of methoxy groups -OCH3 is 2. The van der Waals surface area contributed by atoms with Crippen LogP contribution in [0.1, 0.15) is 17.3 Å². The third-order valence-electron chi connectivity index (χ3n) is 3.95. The zero-order chi connectivity index (χ0) is 18.4. The number of benzene rings is 1. The molecule has 138 valence electrons. The van der Waals surface area contributed by atoms with Crippen LogP contribution in [0.3, 0.4) is 0 Å². The van der Waals surface area contributed by atoms with Gasteiger partial charge in [-0.05, 0) is 26.1 Å². The maximum Gasteiger partial charge on any atom is 0.514 e. The van der Waals surface area contributed by atoms with Gasteiger partial charge in [0.05, 0.1) is 20.8 Å². The van der Waals surface area contributed by atoms with Crippen LogP contribution >= 0.6 is 0 Å². The Hall–Kier alpha value is -2.48. The van der Waals surface area contributed by atoms with Gasteiger partial charge in [0.1, 0.15) is 0 Å². The first-order valence-corrected chi connectivity index (χ1v) is 8.08. The van der Waals surface area contributed by atoms with Crippen LogP contribution in [0.5, 0.6) is 17.2 Å². The lowest BCUT2D eigenvalue weighted by Gasteiger charge is -2.32. The summed E-state index contributed by atoms with van der Waals surface area (Å²) in [5.74, 6) is 0.417. The van der Waals surface area contributed by atoms with Gasteiger partial charge in [0.2, 0.25) is 5.75 Å². The summed E-state index contributed by atoms with van der Waals surface area (Å²) in [4.78, 5) is 28.3. The van der Waals surface area contributed by atoms with E-state index in [1.165, 1.54) is 26.4 Å². The number of carbonyl (C=O) groups excluding carboxylic acids is 2. The van der Waals surface area contributed by atoms with Gasteiger partial charge in [-0.25, -0.2) is 4.79 Å². The Morgan fingerprint density at radius 1 is 1.04 bits per heavy atom. The number of carbonyl (C=O) groups is 2. The number of amides is 1. The lowest BCUT2D eigenvalue weighted by atomic mass is 10.1. The van der Waals surface area contributed by atoms with Crippen molar-refractivity contribution in [2.75, 3.05) is 54.1 Å². The number of nitrogens with zero attached hydrogens (tertiary/aromatic N) is 2. The molecule has 0 spiro atoms. The largest absolute Gasteiger partial charge is 0.514 e. The SMILES string of the molecule is CCOC(=O)Oc1c(OC)cc(C(=O)N2CCN(C)CC2)cc1OC. The van der Waals surface area contributed by atoms with E-state index in [2.05, 4.69) is 4.90 Å². The van der Waals surface area contributed by atoms with Crippen molar-refractivity contribution in [3.63, 3.8) is 0 Å². The Morgan fingerprint density at radius 3 is 2.08 bits per heavy atom. The summed E-state index contributed by atoms with van der Waals surface area (Å²) in [7, 11) is 4.88. The maximum absolute atomic E-state index is 12.7. The second-order valence-electron chi connectivity index (χ2n) is 5.59. The molecule has 8 nitrogen and oxygen atoms in total. The first-order chi connectivity index (χ1) is 12.0. The quantitative estimate of drug-likeness (QED) is 0.589. The number of rotatable bonds is 5. The Kier molecular flexibility index (Phi) is 6.46. The van der Waals surface area contributed by atoms with Crippen molar-refractivity contribution in [2.24, 2.45) is 0 Å². The van der Waals surface area contributed by atoms with Crippen molar-refractivity contribution in [3.05, 3.63) is 17.7 Å². The normalized spacial score (nSPS) is 14.8. The van der Waals surface area contributed by atoms with E-state index in [1.54, 1.807) is 11.8 Å². The van der Waals surface area contributed by atoms with E-state index in [0.29, 0.717) is 18.7 Å².